The first-order chi connectivity index (χ1) is 16.8. The highest BCUT2D eigenvalue weighted by Gasteiger charge is 2.31. The van der Waals surface area contributed by atoms with Crippen LogP contribution in [0.2, 0.25) is 0 Å². The summed E-state index contributed by atoms with van der Waals surface area (Å²) in [6.45, 7) is 5.25. The van der Waals surface area contributed by atoms with E-state index in [9.17, 15) is 4.79 Å². The smallest absolute Gasteiger partial charge is 0.240 e. The molecule has 3 aromatic rings. The van der Waals surface area contributed by atoms with Crippen molar-refractivity contribution in [3.63, 3.8) is 0 Å². The van der Waals surface area contributed by atoms with Gasteiger partial charge in [0.2, 0.25) is 11.9 Å². The zero-order valence-corrected chi connectivity index (χ0v) is 20.2. The Balaban J connectivity index is 1.48. The van der Waals surface area contributed by atoms with E-state index in [2.05, 4.69) is 31.8 Å². The fraction of sp³-hybridized carbons (Fsp3) is 0.423. The first-order valence-electron chi connectivity index (χ1n) is 12.1. The van der Waals surface area contributed by atoms with Gasteiger partial charge in [-0.25, -0.2) is 0 Å². The number of benzene rings is 2. The van der Waals surface area contributed by atoms with Crippen molar-refractivity contribution < 1.29 is 9.53 Å². The molecule has 2 aliphatic rings. The normalized spacial score (nSPS) is 17.5. The number of aromatic nitrogens is 3. The molecule has 0 bridgehead atoms. The number of carbonyl (C=O) groups is 1. The molecule has 0 spiro atoms. The fourth-order valence-corrected chi connectivity index (χ4v) is 5.66. The number of rotatable bonds is 7. The van der Waals surface area contributed by atoms with Gasteiger partial charge in [-0.2, -0.15) is 0 Å². The van der Waals surface area contributed by atoms with Gasteiger partial charge in [-0.3, -0.25) is 9.36 Å². The van der Waals surface area contributed by atoms with Gasteiger partial charge >= 0.3 is 0 Å². The highest BCUT2D eigenvalue weighted by atomic mass is 32.2. The average Bonchev–Trinajstić information content (AvgIpc) is 3.31. The first-order valence-corrected chi connectivity index (χ1v) is 13.0. The summed E-state index contributed by atoms with van der Waals surface area (Å²) in [6, 6.07) is 20.4. The monoisotopic (exact) mass is 477 g/mol. The number of carbonyl (C=O) groups excluding carboxylic acids is 1. The third-order valence-electron chi connectivity index (χ3n) is 6.39. The van der Waals surface area contributed by atoms with Gasteiger partial charge in [-0.05, 0) is 30.4 Å². The molecule has 5 rings (SSSR count). The summed E-state index contributed by atoms with van der Waals surface area (Å²) >= 11 is 1.51. The second-order valence-electron chi connectivity index (χ2n) is 8.75. The minimum Gasteiger partial charge on any atom is -0.378 e. The molecule has 1 unspecified atom stereocenters. The van der Waals surface area contributed by atoms with E-state index < -0.39 is 0 Å². The lowest BCUT2D eigenvalue weighted by atomic mass is 10.1. The Bertz CT molecular complexity index is 1060. The standard InChI is InChI=1S/C26H31N5O2S/c32-24(29-14-8-3-9-15-29)23(22-12-6-2-7-13-22)34-26-28-27-25(30-16-18-33-19-17-30)31(26)20-21-10-4-1-5-11-21/h1-2,4-7,10-13,23H,3,8-9,14-20H2. The maximum absolute atomic E-state index is 13.7. The molecule has 0 N–H and O–H groups in total. The lowest BCUT2D eigenvalue weighted by Crippen LogP contribution is -2.38. The van der Waals surface area contributed by atoms with Crippen molar-refractivity contribution in [1.82, 2.24) is 19.7 Å². The van der Waals surface area contributed by atoms with E-state index in [4.69, 9.17) is 4.74 Å². The van der Waals surface area contributed by atoms with Gasteiger partial charge in [0.15, 0.2) is 5.16 Å². The molecule has 2 aromatic carbocycles. The van der Waals surface area contributed by atoms with Crippen molar-refractivity contribution >= 4 is 23.6 Å². The van der Waals surface area contributed by atoms with Gasteiger partial charge in [0.1, 0.15) is 5.25 Å². The zero-order chi connectivity index (χ0) is 23.2. The molecule has 1 amide bonds. The van der Waals surface area contributed by atoms with Crippen LogP contribution in [0.15, 0.2) is 65.8 Å². The molecule has 7 nitrogen and oxygen atoms in total. The molecule has 8 heteroatoms. The van der Waals surface area contributed by atoms with Crippen LogP contribution in [0.1, 0.15) is 35.6 Å². The summed E-state index contributed by atoms with van der Waals surface area (Å²) in [5, 5.41) is 9.61. The minimum atomic E-state index is -0.351. The Morgan fingerprint density at radius 2 is 1.56 bits per heavy atom. The third-order valence-corrected chi connectivity index (χ3v) is 7.61. The Morgan fingerprint density at radius 1 is 0.882 bits per heavy atom. The number of thioether (sulfide) groups is 1. The molecular formula is C26H31N5O2S. The first kappa shape index (κ1) is 22.9. The largest absolute Gasteiger partial charge is 0.378 e. The Labute approximate surface area is 205 Å². The minimum absolute atomic E-state index is 0.165. The molecule has 2 aliphatic heterocycles. The number of ether oxygens (including phenoxy) is 1. The molecule has 34 heavy (non-hydrogen) atoms. The SMILES string of the molecule is O=C(C(Sc1nnc(N2CCOCC2)n1Cc1ccccc1)c1ccccc1)N1CCCCC1. The van der Waals surface area contributed by atoms with Gasteiger partial charge in [0.05, 0.1) is 19.8 Å². The number of likely N-dealkylation sites (tertiary alicyclic amines) is 1. The number of amides is 1. The van der Waals surface area contributed by atoms with Gasteiger partial charge in [0.25, 0.3) is 0 Å². The van der Waals surface area contributed by atoms with Crippen LogP contribution < -0.4 is 4.90 Å². The number of hydrogen-bond donors (Lipinski definition) is 0. The third kappa shape index (κ3) is 5.28. The molecule has 0 saturated carbocycles. The van der Waals surface area contributed by atoms with E-state index in [1.165, 1.54) is 23.7 Å². The molecule has 178 valence electrons. The highest BCUT2D eigenvalue weighted by molar-refractivity contribution is 8.00. The molecule has 1 aromatic heterocycles. The molecule has 1 atom stereocenters. The summed E-state index contributed by atoms with van der Waals surface area (Å²) in [5.74, 6) is 1.00. The van der Waals surface area contributed by atoms with E-state index in [1.807, 2.05) is 53.4 Å². The van der Waals surface area contributed by atoms with E-state index in [0.29, 0.717) is 19.8 Å². The number of nitrogens with zero attached hydrogens (tertiary/aromatic N) is 5. The van der Waals surface area contributed by atoms with Gasteiger partial charge < -0.3 is 14.5 Å². The molecule has 0 aliphatic carbocycles. The average molecular weight is 478 g/mol. The molecule has 2 fully saturated rings. The van der Waals surface area contributed by atoms with Crippen LogP contribution in [0.5, 0.6) is 0 Å². The van der Waals surface area contributed by atoms with Crippen LogP contribution in [0, 0.1) is 0 Å². The van der Waals surface area contributed by atoms with Crippen molar-refractivity contribution in [2.75, 3.05) is 44.3 Å². The Morgan fingerprint density at radius 3 is 2.26 bits per heavy atom. The summed E-state index contributed by atoms with van der Waals surface area (Å²) in [5.41, 5.74) is 2.18. The van der Waals surface area contributed by atoms with Crippen LogP contribution in [0.4, 0.5) is 5.95 Å². The maximum Gasteiger partial charge on any atom is 0.240 e. The lowest BCUT2D eigenvalue weighted by molar-refractivity contribution is -0.131. The van der Waals surface area contributed by atoms with Gasteiger partial charge in [0, 0.05) is 26.2 Å². The fourth-order valence-electron chi connectivity index (χ4n) is 4.54. The molecule has 3 heterocycles. The number of hydrogen-bond acceptors (Lipinski definition) is 6. The van der Waals surface area contributed by atoms with Gasteiger partial charge in [-0.15, -0.1) is 10.2 Å². The van der Waals surface area contributed by atoms with E-state index in [0.717, 1.165) is 55.7 Å². The van der Waals surface area contributed by atoms with Crippen LogP contribution in [0.3, 0.4) is 0 Å². The number of anilines is 1. The lowest BCUT2D eigenvalue weighted by Gasteiger charge is -2.30. The second kappa shape index (κ2) is 11.1. The highest BCUT2D eigenvalue weighted by Crippen LogP contribution is 2.38. The van der Waals surface area contributed by atoms with E-state index >= 15 is 0 Å². The summed E-state index contributed by atoms with van der Waals surface area (Å²) < 4.78 is 7.71. The Kier molecular flexibility index (Phi) is 7.46. The quantitative estimate of drug-likeness (QED) is 0.479. The van der Waals surface area contributed by atoms with Crippen molar-refractivity contribution in [2.45, 2.75) is 36.2 Å². The maximum atomic E-state index is 13.7. The Hall–Kier alpha value is -2.84. The topological polar surface area (TPSA) is 63.5 Å². The van der Waals surface area contributed by atoms with Crippen LogP contribution in [0.25, 0.3) is 0 Å². The predicted octanol–water partition coefficient (Wildman–Crippen LogP) is 4.01. The van der Waals surface area contributed by atoms with Crippen molar-refractivity contribution in [2.24, 2.45) is 0 Å². The number of piperidine rings is 1. The van der Waals surface area contributed by atoms with Crippen LogP contribution in [-0.2, 0) is 16.1 Å². The summed E-state index contributed by atoms with van der Waals surface area (Å²) in [6.07, 6.45) is 3.34. The zero-order valence-electron chi connectivity index (χ0n) is 19.4. The van der Waals surface area contributed by atoms with Crippen LogP contribution in [-0.4, -0.2) is 65.0 Å². The van der Waals surface area contributed by atoms with Crippen molar-refractivity contribution in [3.05, 3.63) is 71.8 Å². The summed E-state index contributed by atoms with van der Waals surface area (Å²) in [7, 11) is 0. The molecular weight excluding hydrogens is 446 g/mol. The van der Waals surface area contributed by atoms with Crippen molar-refractivity contribution in [1.29, 1.82) is 0 Å². The second-order valence-corrected chi connectivity index (χ2v) is 9.82. The van der Waals surface area contributed by atoms with E-state index in [-0.39, 0.29) is 11.2 Å². The van der Waals surface area contributed by atoms with Crippen LogP contribution >= 0.6 is 11.8 Å². The van der Waals surface area contributed by atoms with Crippen molar-refractivity contribution in [3.8, 4) is 0 Å². The molecule has 2 saturated heterocycles. The number of morpholine rings is 1. The van der Waals surface area contributed by atoms with E-state index in [1.54, 1.807) is 0 Å². The summed E-state index contributed by atoms with van der Waals surface area (Å²) in [4.78, 5) is 18.0. The van der Waals surface area contributed by atoms with Gasteiger partial charge in [-0.1, -0.05) is 72.4 Å². The predicted molar refractivity (Wildman–Crippen MR) is 134 cm³/mol. The molecule has 0 radical (unpaired) electrons.